The van der Waals surface area contributed by atoms with E-state index < -0.39 is 15.8 Å². The Labute approximate surface area is 149 Å². The second-order valence-corrected chi connectivity index (χ2v) is 8.90. The Morgan fingerprint density at radius 3 is 2.56 bits per heavy atom. The first-order chi connectivity index (χ1) is 12.0. The van der Waals surface area contributed by atoms with Crippen molar-refractivity contribution >= 4 is 33.0 Å². The van der Waals surface area contributed by atoms with Crippen molar-refractivity contribution in [3.8, 4) is 0 Å². The van der Waals surface area contributed by atoms with Gasteiger partial charge >= 0.3 is 0 Å². The van der Waals surface area contributed by atoms with Crippen molar-refractivity contribution in [2.24, 2.45) is 0 Å². The Balaban J connectivity index is 1.53. The fourth-order valence-electron chi connectivity index (χ4n) is 2.74. The van der Waals surface area contributed by atoms with E-state index in [1.807, 2.05) is 0 Å². The molecule has 1 amide bonds. The highest BCUT2D eigenvalue weighted by Crippen LogP contribution is 2.20. The van der Waals surface area contributed by atoms with E-state index in [-0.39, 0.29) is 18.1 Å². The van der Waals surface area contributed by atoms with Gasteiger partial charge in [-0.25, -0.2) is 12.8 Å². The van der Waals surface area contributed by atoms with Crippen molar-refractivity contribution in [3.05, 3.63) is 47.6 Å². The van der Waals surface area contributed by atoms with Crippen molar-refractivity contribution in [3.63, 3.8) is 0 Å². The van der Waals surface area contributed by atoms with Gasteiger partial charge in [0.05, 0.1) is 31.9 Å². The lowest BCUT2D eigenvalue weighted by atomic mass is 10.3. The quantitative estimate of drug-likeness (QED) is 0.785. The monoisotopic (exact) mass is 384 g/mol. The van der Waals surface area contributed by atoms with E-state index in [1.54, 1.807) is 29.6 Å². The third-order valence-electron chi connectivity index (χ3n) is 4.08. The van der Waals surface area contributed by atoms with Crippen LogP contribution in [0.1, 0.15) is 0 Å². The second-order valence-electron chi connectivity index (χ2n) is 5.79. The van der Waals surface area contributed by atoms with E-state index in [0.29, 0.717) is 30.4 Å². The number of carbonyl (C=O) groups excluding carboxylic acids is 1. The summed E-state index contributed by atoms with van der Waals surface area (Å²) < 4.78 is 40.3. The summed E-state index contributed by atoms with van der Waals surface area (Å²) in [6.07, 6.45) is 0. The number of para-hydroxylation sites is 1. The van der Waals surface area contributed by atoms with Crippen LogP contribution in [-0.4, -0.2) is 51.4 Å². The maximum absolute atomic E-state index is 13.6. The Morgan fingerprint density at radius 2 is 1.92 bits per heavy atom. The van der Waals surface area contributed by atoms with Gasteiger partial charge in [0.15, 0.2) is 6.54 Å². The molecule has 1 aliphatic heterocycles. The molecular weight excluding hydrogens is 365 g/mol. The number of hydrogen-bond donors (Lipinski definition) is 2. The highest BCUT2D eigenvalue weighted by molar-refractivity contribution is 7.91. The van der Waals surface area contributed by atoms with Crippen LogP contribution in [0.5, 0.6) is 0 Å². The number of nitrogens with zero attached hydrogens (tertiary/aromatic N) is 1. The average molecular weight is 384 g/mol. The van der Waals surface area contributed by atoms with Crippen LogP contribution < -0.4 is 10.2 Å². The van der Waals surface area contributed by atoms with Gasteiger partial charge in [-0.3, -0.25) is 4.79 Å². The zero-order valence-electron chi connectivity index (χ0n) is 13.4. The van der Waals surface area contributed by atoms with E-state index in [4.69, 9.17) is 0 Å². The minimum atomic E-state index is -3.44. The molecule has 9 heteroatoms. The number of sulfonamides is 1. The maximum Gasteiger partial charge on any atom is 0.279 e. The maximum atomic E-state index is 13.6. The van der Waals surface area contributed by atoms with Gasteiger partial charge in [-0.15, -0.1) is 11.3 Å². The van der Waals surface area contributed by atoms with E-state index in [1.165, 1.54) is 27.8 Å². The number of amides is 1. The van der Waals surface area contributed by atoms with Crippen LogP contribution in [0.3, 0.4) is 0 Å². The number of rotatable bonds is 5. The highest BCUT2D eigenvalue weighted by atomic mass is 32.2. The van der Waals surface area contributed by atoms with Crippen LogP contribution >= 0.6 is 11.3 Å². The molecule has 1 saturated heterocycles. The molecule has 0 aliphatic carbocycles. The normalized spacial score (nSPS) is 16.7. The molecule has 0 saturated carbocycles. The van der Waals surface area contributed by atoms with Gasteiger partial charge in [0, 0.05) is 0 Å². The lowest BCUT2D eigenvalue weighted by Gasteiger charge is -2.30. The molecule has 0 unspecified atom stereocenters. The summed E-state index contributed by atoms with van der Waals surface area (Å²) >= 11 is 1.20. The van der Waals surface area contributed by atoms with Crippen molar-refractivity contribution < 1.29 is 22.5 Å². The Kier molecular flexibility index (Phi) is 5.48. The first-order valence-electron chi connectivity index (χ1n) is 7.88. The molecule has 1 fully saturated rings. The third kappa shape index (κ3) is 4.24. The number of piperazine rings is 1. The molecular formula is C16H19FN3O3S2+. The van der Waals surface area contributed by atoms with Gasteiger partial charge in [0.1, 0.15) is 10.0 Å². The molecule has 0 atom stereocenters. The minimum Gasteiger partial charge on any atom is -0.325 e. The molecule has 0 radical (unpaired) electrons. The standard InChI is InChI=1S/C16H18FN3O3S2/c17-13-4-1-2-5-14(13)18-15(21)12-19-7-9-20(10-8-19)25(22,23)16-6-3-11-24-16/h1-6,11H,7-10,12H2,(H,18,21)/p+1. The smallest absolute Gasteiger partial charge is 0.279 e. The van der Waals surface area contributed by atoms with Crippen LogP contribution in [0.4, 0.5) is 10.1 Å². The molecule has 1 aliphatic rings. The summed E-state index contributed by atoms with van der Waals surface area (Å²) in [4.78, 5) is 13.0. The van der Waals surface area contributed by atoms with E-state index in [2.05, 4.69) is 5.32 Å². The van der Waals surface area contributed by atoms with Crippen molar-refractivity contribution in [1.82, 2.24) is 4.31 Å². The number of anilines is 1. The summed E-state index contributed by atoms with van der Waals surface area (Å²) in [5, 5.41) is 4.29. The molecule has 1 aromatic carbocycles. The van der Waals surface area contributed by atoms with Crippen LogP contribution in [-0.2, 0) is 14.8 Å². The molecule has 6 nitrogen and oxygen atoms in total. The van der Waals surface area contributed by atoms with Gasteiger partial charge in [-0.1, -0.05) is 18.2 Å². The third-order valence-corrected chi connectivity index (χ3v) is 7.35. The molecule has 2 aromatic rings. The summed E-state index contributed by atoms with van der Waals surface area (Å²) in [7, 11) is -3.44. The Hall–Kier alpha value is -1.81. The van der Waals surface area contributed by atoms with Crippen molar-refractivity contribution in [2.45, 2.75) is 4.21 Å². The van der Waals surface area contributed by atoms with Crippen molar-refractivity contribution in [2.75, 3.05) is 38.0 Å². The fraction of sp³-hybridized carbons (Fsp3) is 0.312. The van der Waals surface area contributed by atoms with Crippen LogP contribution in [0.15, 0.2) is 46.0 Å². The average Bonchev–Trinajstić information content (AvgIpc) is 3.13. The van der Waals surface area contributed by atoms with Gasteiger partial charge in [-0.05, 0) is 23.6 Å². The highest BCUT2D eigenvalue weighted by Gasteiger charge is 2.31. The van der Waals surface area contributed by atoms with Crippen molar-refractivity contribution in [1.29, 1.82) is 0 Å². The first kappa shape index (κ1) is 18.0. The molecule has 1 aromatic heterocycles. The number of quaternary nitrogens is 1. The number of nitrogens with one attached hydrogen (secondary N) is 2. The minimum absolute atomic E-state index is 0.158. The Morgan fingerprint density at radius 1 is 1.20 bits per heavy atom. The van der Waals surface area contributed by atoms with Gasteiger partial charge in [0.2, 0.25) is 0 Å². The topological polar surface area (TPSA) is 70.9 Å². The van der Waals surface area contributed by atoms with E-state index >= 15 is 0 Å². The van der Waals surface area contributed by atoms with E-state index in [9.17, 15) is 17.6 Å². The molecule has 25 heavy (non-hydrogen) atoms. The second kappa shape index (κ2) is 7.61. The number of thiophene rings is 1. The fourth-order valence-corrected chi connectivity index (χ4v) is 5.33. The van der Waals surface area contributed by atoms with Gasteiger partial charge in [0.25, 0.3) is 15.9 Å². The van der Waals surface area contributed by atoms with E-state index in [0.717, 1.165) is 4.90 Å². The van der Waals surface area contributed by atoms with Crippen LogP contribution in [0, 0.1) is 5.82 Å². The lowest BCUT2D eigenvalue weighted by molar-refractivity contribution is -0.895. The largest absolute Gasteiger partial charge is 0.325 e. The first-order valence-corrected chi connectivity index (χ1v) is 10.2. The zero-order valence-corrected chi connectivity index (χ0v) is 15.1. The number of carbonyl (C=O) groups is 1. The summed E-state index contributed by atoms with van der Waals surface area (Å²) in [6.45, 7) is 1.98. The predicted octanol–water partition coefficient (Wildman–Crippen LogP) is 0.415. The SMILES string of the molecule is O=C(C[NH+]1CCN(S(=O)(=O)c2cccs2)CC1)Nc1ccccc1F. The number of halogens is 1. The van der Waals surface area contributed by atoms with Gasteiger partial charge < -0.3 is 10.2 Å². The van der Waals surface area contributed by atoms with Gasteiger partial charge in [-0.2, -0.15) is 4.31 Å². The molecule has 2 heterocycles. The summed E-state index contributed by atoms with van der Waals surface area (Å²) in [6, 6.07) is 9.32. The lowest BCUT2D eigenvalue weighted by Crippen LogP contribution is -3.15. The van der Waals surface area contributed by atoms with Crippen LogP contribution in [0.2, 0.25) is 0 Å². The molecule has 134 valence electrons. The zero-order chi connectivity index (χ0) is 17.9. The number of hydrogen-bond acceptors (Lipinski definition) is 4. The molecule has 2 N–H and O–H groups in total. The molecule has 3 rings (SSSR count). The Bertz CT molecular complexity index is 832. The molecule has 0 spiro atoms. The summed E-state index contributed by atoms with van der Waals surface area (Å²) in [5.41, 5.74) is 0.158. The summed E-state index contributed by atoms with van der Waals surface area (Å²) in [5.74, 6) is -0.757. The molecule has 0 bridgehead atoms. The van der Waals surface area contributed by atoms with Crippen LogP contribution in [0.25, 0.3) is 0 Å². The predicted molar refractivity (Wildman–Crippen MR) is 93.7 cm³/mol. The number of benzene rings is 1.